The molecule has 0 radical (unpaired) electrons. The van der Waals surface area contributed by atoms with Crippen molar-refractivity contribution in [3.8, 4) is 5.75 Å². The van der Waals surface area contributed by atoms with E-state index >= 15 is 0 Å². The maximum absolute atomic E-state index is 6.31. The van der Waals surface area contributed by atoms with E-state index in [1.165, 1.54) is 38.9 Å². The largest absolute Gasteiger partial charge is 0.473 e. The third kappa shape index (κ3) is 5.17. The van der Waals surface area contributed by atoms with Gasteiger partial charge < -0.3 is 9.64 Å². The van der Waals surface area contributed by atoms with Crippen molar-refractivity contribution in [3.63, 3.8) is 0 Å². The van der Waals surface area contributed by atoms with Crippen molar-refractivity contribution in [2.45, 2.75) is 37.8 Å². The third-order valence-corrected chi connectivity index (χ3v) is 5.96. The summed E-state index contributed by atoms with van der Waals surface area (Å²) in [6.07, 6.45) is 6.06. The lowest BCUT2D eigenvalue weighted by Gasteiger charge is -2.42. The number of benzene rings is 1. The molecule has 140 valence electrons. The first kappa shape index (κ1) is 18.6. The van der Waals surface area contributed by atoms with Crippen molar-refractivity contribution in [3.05, 3.63) is 30.3 Å². The van der Waals surface area contributed by atoms with Crippen LogP contribution in [-0.4, -0.2) is 62.5 Å². The van der Waals surface area contributed by atoms with Gasteiger partial charge in [-0.1, -0.05) is 18.2 Å². The van der Waals surface area contributed by atoms with Gasteiger partial charge in [-0.05, 0) is 58.0 Å². The van der Waals surface area contributed by atoms with Gasteiger partial charge in [0.15, 0.2) is 5.72 Å². The number of nitrogens with zero attached hydrogens (tertiary/aromatic N) is 2. The molecule has 25 heavy (non-hydrogen) atoms. The highest BCUT2D eigenvalue weighted by Gasteiger charge is 2.35. The fourth-order valence-electron chi connectivity index (χ4n) is 4.07. The molecular formula is C20H34N4O. The zero-order valence-corrected chi connectivity index (χ0v) is 15.8. The van der Waals surface area contributed by atoms with Crippen LogP contribution in [0.15, 0.2) is 30.3 Å². The Balaban J connectivity index is 1.41. The van der Waals surface area contributed by atoms with Crippen LogP contribution in [0.4, 0.5) is 0 Å². The van der Waals surface area contributed by atoms with E-state index in [1.54, 1.807) is 0 Å². The molecule has 0 saturated carbocycles. The minimum atomic E-state index is -0.212. The van der Waals surface area contributed by atoms with Crippen molar-refractivity contribution in [1.82, 2.24) is 20.7 Å². The van der Waals surface area contributed by atoms with Crippen LogP contribution in [0.5, 0.6) is 5.75 Å². The van der Waals surface area contributed by atoms with E-state index in [9.17, 15) is 0 Å². The number of likely N-dealkylation sites (tertiary alicyclic amines) is 1. The van der Waals surface area contributed by atoms with Gasteiger partial charge in [0, 0.05) is 39.0 Å². The van der Waals surface area contributed by atoms with Crippen LogP contribution in [0.25, 0.3) is 0 Å². The number of piperidine rings is 2. The molecule has 5 heteroatoms. The van der Waals surface area contributed by atoms with Crippen LogP contribution in [0, 0.1) is 5.92 Å². The molecule has 2 saturated heterocycles. The normalized spacial score (nSPS) is 22.8. The summed E-state index contributed by atoms with van der Waals surface area (Å²) in [5.74, 6) is 1.85. The Morgan fingerprint density at radius 2 is 1.72 bits per heavy atom. The van der Waals surface area contributed by atoms with Crippen molar-refractivity contribution in [2.24, 2.45) is 5.92 Å². The van der Waals surface area contributed by atoms with Crippen LogP contribution in [0.2, 0.25) is 0 Å². The summed E-state index contributed by atoms with van der Waals surface area (Å²) in [7, 11) is 4.05. The number of hydrogen-bond acceptors (Lipinski definition) is 5. The molecule has 1 aromatic carbocycles. The van der Waals surface area contributed by atoms with Gasteiger partial charge >= 0.3 is 0 Å². The second-order valence-electron chi connectivity index (χ2n) is 7.44. The average Bonchev–Trinajstić information content (AvgIpc) is 2.69. The van der Waals surface area contributed by atoms with E-state index in [1.807, 2.05) is 44.4 Å². The number of hydrogen-bond donors (Lipinski definition) is 2. The fraction of sp³-hybridized carbons (Fsp3) is 0.700. The molecule has 0 unspecified atom stereocenters. The highest BCUT2D eigenvalue weighted by atomic mass is 16.5. The Kier molecular flexibility index (Phi) is 6.70. The first-order valence-electron chi connectivity index (χ1n) is 9.81. The highest BCUT2D eigenvalue weighted by molar-refractivity contribution is 5.22. The summed E-state index contributed by atoms with van der Waals surface area (Å²) in [5.41, 5.74) is 3.06. The topological polar surface area (TPSA) is 39.8 Å². The molecule has 0 bridgehead atoms. The van der Waals surface area contributed by atoms with Crippen LogP contribution in [0.1, 0.15) is 32.1 Å². The zero-order chi connectivity index (χ0) is 17.5. The van der Waals surface area contributed by atoms with Gasteiger partial charge in [-0.2, -0.15) is 0 Å². The summed E-state index contributed by atoms with van der Waals surface area (Å²) in [6.45, 7) is 5.84. The smallest absolute Gasteiger partial charge is 0.163 e. The van der Waals surface area contributed by atoms with Gasteiger partial charge in [0.1, 0.15) is 5.75 Å². The predicted octanol–water partition coefficient (Wildman–Crippen LogP) is 2.31. The lowest BCUT2D eigenvalue weighted by atomic mass is 9.93. The second-order valence-corrected chi connectivity index (χ2v) is 7.44. The Morgan fingerprint density at radius 1 is 1.04 bits per heavy atom. The van der Waals surface area contributed by atoms with E-state index in [2.05, 4.69) is 20.7 Å². The molecule has 0 aliphatic carbocycles. The first-order chi connectivity index (χ1) is 12.2. The zero-order valence-electron chi connectivity index (χ0n) is 15.8. The predicted molar refractivity (Wildman–Crippen MR) is 103 cm³/mol. The number of para-hydroxylation sites is 1. The SMILES string of the molecule is CNN1CCC(CCN2CCC(NC)(Oc3ccccc3)CC2)CC1. The minimum absolute atomic E-state index is 0.212. The van der Waals surface area contributed by atoms with Crippen molar-refractivity contribution >= 4 is 0 Å². The standard InChI is InChI=1S/C20H34N4O/c1-21-20(25-19-6-4-3-5-7-19)11-16-23(17-12-20)13-8-18-9-14-24(22-2)15-10-18/h3-7,18,21-22H,8-17H2,1-2H3. The maximum atomic E-state index is 6.31. The number of rotatable bonds is 7. The Morgan fingerprint density at radius 3 is 2.32 bits per heavy atom. The molecule has 0 atom stereocenters. The second kappa shape index (κ2) is 8.99. The molecule has 2 aliphatic heterocycles. The Hall–Kier alpha value is -1.14. The van der Waals surface area contributed by atoms with Gasteiger partial charge in [0.2, 0.25) is 0 Å². The van der Waals surface area contributed by atoms with E-state index < -0.39 is 0 Å². The molecule has 2 heterocycles. The van der Waals surface area contributed by atoms with Crippen molar-refractivity contribution in [1.29, 1.82) is 0 Å². The lowest BCUT2D eigenvalue weighted by Crippen LogP contribution is -2.56. The van der Waals surface area contributed by atoms with Gasteiger partial charge in [-0.3, -0.25) is 10.7 Å². The molecule has 2 fully saturated rings. The van der Waals surface area contributed by atoms with Crippen molar-refractivity contribution < 1.29 is 4.74 Å². The van der Waals surface area contributed by atoms with E-state index in [4.69, 9.17) is 4.74 Å². The van der Waals surface area contributed by atoms with Crippen LogP contribution >= 0.6 is 0 Å². The lowest BCUT2D eigenvalue weighted by molar-refractivity contribution is -0.0219. The summed E-state index contributed by atoms with van der Waals surface area (Å²) in [5, 5.41) is 5.77. The molecule has 2 aliphatic rings. The van der Waals surface area contributed by atoms with Gasteiger partial charge in [-0.25, -0.2) is 5.01 Å². The Bertz CT molecular complexity index is 494. The number of nitrogens with one attached hydrogen (secondary N) is 2. The summed E-state index contributed by atoms with van der Waals surface area (Å²) in [4.78, 5) is 2.62. The summed E-state index contributed by atoms with van der Waals surface area (Å²) < 4.78 is 6.31. The molecule has 1 aromatic rings. The maximum Gasteiger partial charge on any atom is 0.163 e. The number of ether oxygens (including phenoxy) is 1. The van der Waals surface area contributed by atoms with Crippen LogP contribution < -0.4 is 15.5 Å². The molecule has 2 N–H and O–H groups in total. The monoisotopic (exact) mass is 346 g/mol. The molecule has 0 aromatic heterocycles. The van der Waals surface area contributed by atoms with Crippen LogP contribution in [0.3, 0.4) is 0 Å². The third-order valence-electron chi connectivity index (χ3n) is 5.96. The molecule has 3 rings (SSSR count). The number of hydrazine groups is 1. The average molecular weight is 347 g/mol. The summed E-state index contributed by atoms with van der Waals surface area (Å²) in [6, 6.07) is 10.2. The fourth-order valence-corrected chi connectivity index (χ4v) is 4.07. The molecule has 0 spiro atoms. The highest BCUT2D eigenvalue weighted by Crippen LogP contribution is 2.27. The van der Waals surface area contributed by atoms with Gasteiger partial charge in [0.25, 0.3) is 0 Å². The van der Waals surface area contributed by atoms with Gasteiger partial charge in [0.05, 0.1) is 0 Å². The first-order valence-corrected chi connectivity index (χ1v) is 9.81. The molecular weight excluding hydrogens is 312 g/mol. The molecule has 5 nitrogen and oxygen atoms in total. The van der Waals surface area contributed by atoms with E-state index in [0.29, 0.717) is 0 Å². The summed E-state index contributed by atoms with van der Waals surface area (Å²) >= 11 is 0. The molecule has 0 amide bonds. The van der Waals surface area contributed by atoms with E-state index in [0.717, 1.165) is 37.6 Å². The van der Waals surface area contributed by atoms with E-state index in [-0.39, 0.29) is 5.72 Å². The van der Waals surface area contributed by atoms with Gasteiger partial charge in [-0.15, -0.1) is 0 Å². The Labute approximate surface area is 152 Å². The quantitative estimate of drug-likeness (QED) is 0.742. The van der Waals surface area contributed by atoms with Crippen LogP contribution in [-0.2, 0) is 0 Å². The minimum Gasteiger partial charge on any atom is -0.473 e. The van der Waals surface area contributed by atoms with Crippen molar-refractivity contribution in [2.75, 3.05) is 46.8 Å².